The fraction of sp³-hybridized carbons (Fsp3) is 0.0833. The number of amides is 1. The van der Waals surface area contributed by atoms with Crippen LogP contribution in [-0.4, -0.2) is 32.2 Å². The molecule has 0 aliphatic carbocycles. The van der Waals surface area contributed by atoms with E-state index in [9.17, 15) is 19.8 Å². The molecule has 0 aliphatic heterocycles. The summed E-state index contributed by atoms with van der Waals surface area (Å²) in [5.41, 5.74) is 0.234. The smallest absolute Gasteiger partial charge is 0.309 e. The summed E-state index contributed by atoms with van der Waals surface area (Å²) in [6.45, 7) is 0. The minimum atomic E-state index is -1.01. The van der Waals surface area contributed by atoms with E-state index in [1.165, 1.54) is 23.6 Å². The van der Waals surface area contributed by atoms with Crippen LogP contribution in [0.4, 0.5) is 5.13 Å². The van der Waals surface area contributed by atoms with Gasteiger partial charge in [-0.3, -0.25) is 14.9 Å². The molecule has 0 atom stereocenters. The normalized spacial score (nSPS) is 10.2. The molecule has 8 heteroatoms. The summed E-state index contributed by atoms with van der Waals surface area (Å²) < 4.78 is 0. The highest BCUT2D eigenvalue weighted by molar-refractivity contribution is 7.14. The number of phenolic OH excluding ortho intramolecular Hbond substituents is 2. The number of carboxylic acid groups (broad SMARTS) is 1. The number of carbonyl (C=O) groups is 2. The first-order valence-electron chi connectivity index (χ1n) is 5.46. The highest BCUT2D eigenvalue weighted by Crippen LogP contribution is 2.29. The average Bonchev–Trinajstić information content (AvgIpc) is 2.79. The maximum absolute atomic E-state index is 11.9. The van der Waals surface area contributed by atoms with Gasteiger partial charge in [0, 0.05) is 5.38 Å². The van der Waals surface area contributed by atoms with Gasteiger partial charge in [-0.15, -0.1) is 11.3 Å². The van der Waals surface area contributed by atoms with E-state index in [1.807, 2.05) is 0 Å². The predicted molar refractivity (Wildman–Crippen MR) is 71.2 cm³/mol. The minimum Gasteiger partial charge on any atom is -0.504 e. The van der Waals surface area contributed by atoms with Crippen molar-refractivity contribution in [1.29, 1.82) is 0 Å². The molecule has 0 saturated carbocycles. The van der Waals surface area contributed by atoms with Gasteiger partial charge in [0.25, 0.3) is 5.91 Å². The zero-order valence-corrected chi connectivity index (χ0v) is 10.8. The molecule has 0 aliphatic rings. The van der Waals surface area contributed by atoms with Crippen LogP contribution in [0.2, 0.25) is 0 Å². The van der Waals surface area contributed by atoms with Crippen molar-refractivity contribution in [1.82, 2.24) is 4.98 Å². The van der Waals surface area contributed by atoms with Crippen LogP contribution < -0.4 is 5.32 Å². The van der Waals surface area contributed by atoms with Crippen LogP contribution in [0, 0.1) is 0 Å². The number of hydrogen-bond donors (Lipinski definition) is 4. The van der Waals surface area contributed by atoms with E-state index in [1.54, 1.807) is 0 Å². The summed E-state index contributed by atoms with van der Waals surface area (Å²) in [6.07, 6.45) is -0.232. The molecular formula is C12H10N2O5S. The van der Waals surface area contributed by atoms with Crippen LogP contribution in [0.5, 0.6) is 11.5 Å². The first kappa shape index (κ1) is 13.8. The van der Waals surface area contributed by atoms with Gasteiger partial charge in [0.05, 0.1) is 17.7 Å². The monoisotopic (exact) mass is 294 g/mol. The Kier molecular flexibility index (Phi) is 3.85. The highest BCUT2D eigenvalue weighted by Gasteiger charge is 2.15. The van der Waals surface area contributed by atoms with Crippen LogP contribution in [0.25, 0.3) is 0 Å². The summed E-state index contributed by atoms with van der Waals surface area (Å²) in [5, 5.41) is 31.7. The molecule has 0 bridgehead atoms. The number of phenols is 2. The van der Waals surface area contributed by atoms with Gasteiger partial charge in [-0.25, -0.2) is 4.98 Å². The van der Waals surface area contributed by atoms with Gasteiger partial charge in [0.15, 0.2) is 16.6 Å². The number of carboxylic acids is 1. The lowest BCUT2D eigenvalue weighted by Crippen LogP contribution is -2.12. The van der Waals surface area contributed by atoms with E-state index < -0.39 is 23.4 Å². The summed E-state index contributed by atoms with van der Waals surface area (Å²) in [5.74, 6) is -2.58. The van der Waals surface area contributed by atoms with Crippen LogP contribution in [-0.2, 0) is 11.2 Å². The Morgan fingerprint density at radius 1 is 1.30 bits per heavy atom. The van der Waals surface area contributed by atoms with Crippen molar-refractivity contribution >= 4 is 28.3 Å². The topological polar surface area (TPSA) is 120 Å². The molecule has 0 spiro atoms. The summed E-state index contributed by atoms with van der Waals surface area (Å²) in [6, 6.07) is 4.01. The Labute approximate surface area is 117 Å². The third-order valence-electron chi connectivity index (χ3n) is 2.36. The number of para-hydroxylation sites is 1. The van der Waals surface area contributed by atoms with Crippen molar-refractivity contribution in [3.8, 4) is 11.5 Å². The number of benzene rings is 1. The second kappa shape index (κ2) is 5.57. The third kappa shape index (κ3) is 3.04. The molecule has 20 heavy (non-hydrogen) atoms. The second-order valence-electron chi connectivity index (χ2n) is 3.84. The molecule has 1 heterocycles. The van der Waals surface area contributed by atoms with E-state index >= 15 is 0 Å². The van der Waals surface area contributed by atoms with E-state index in [-0.39, 0.29) is 17.1 Å². The number of thiazole rings is 1. The number of hydrogen-bond acceptors (Lipinski definition) is 6. The standard InChI is InChI=1S/C12H10N2O5S/c15-8-3-1-2-7(10(8)18)11(19)14-12-13-6(5-20-12)4-9(16)17/h1-3,5,15,18H,4H2,(H,16,17)(H,13,14,19). The molecule has 2 rings (SSSR count). The predicted octanol–water partition coefficient (Wildman–Crippen LogP) is 1.43. The van der Waals surface area contributed by atoms with Crippen molar-refractivity contribution in [2.45, 2.75) is 6.42 Å². The van der Waals surface area contributed by atoms with Crippen molar-refractivity contribution < 1.29 is 24.9 Å². The number of aliphatic carboxylic acids is 1. The molecule has 1 aromatic carbocycles. The van der Waals surface area contributed by atoms with Gasteiger partial charge in [-0.1, -0.05) is 6.07 Å². The number of anilines is 1. The zero-order chi connectivity index (χ0) is 14.7. The van der Waals surface area contributed by atoms with Gasteiger partial charge in [-0.2, -0.15) is 0 Å². The molecule has 0 radical (unpaired) electrons. The van der Waals surface area contributed by atoms with Crippen molar-refractivity contribution in [2.24, 2.45) is 0 Å². The Bertz CT molecular complexity index is 668. The van der Waals surface area contributed by atoms with Gasteiger partial charge < -0.3 is 15.3 Å². The summed E-state index contributed by atoms with van der Waals surface area (Å²) in [4.78, 5) is 26.3. The molecule has 4 N–H and O–H groups in total. The summed E-state index contributed by atoms with van der Waals surface area (Å²) in [7, 11) is 0. The number of rotatable bonds is 4. The zero-order valence-electron chi connectivity index (χ0n) is 10.0. The molecule has 1 amide bonds. The quantitative estimate of drug-likeness (QED) is 0.633. The molecule has 1 aromatic heterocycles. The number of nitrogens with one attached hydrogen (secondary N) is 1. The van der Waals surface area contributed by atoms with E-state index in [0.717, 1.165) is 11.3 Å². The first-order valence-corrected chi connectivity index (χ1v) is 6.34. The second-order valence-corrected chi connectivity index (χ2v) is 4.70. The van der Waals surface area contributed by atoms with Crippen LogP contribution >= 0.6 is 11.3 Å². The Morgan fingerprint density at radius 2 is 2.05 bits per heavy atom. The maximum Gasteiger partial charge on any atom is 0.309 e. The molecule has 104 valence electrons. The molecule has 0 unspecified atom stereocenters. The van der Waals surface area contributed by atoms with Gasteiger partial charge in [-0.05, 0) is 12.1 Å². The Balaban J connectivity index is 2.13. The van der Waals surface area contributed by atoms with Gasteiger partial charge in [0.2, 0.25) is 0 Å². The lowest BCUT2D eigenvalue weighted by molar-refractivity contribution is -0.136. The number of nitrogens with zero attached hydrogens (tertiary/aromatic N) is 1. The average molecular weight is 294 g/mol. The SMILES string of the molecule is O=C(O)Cc1csc(NC(=O)c2cccc(O)c2O)n1. The van der Waals surface area contributed by atoms with Crippen LogP contribution in [0.15, 0.2) is 23.6 Å². The first-order chi connectivity index (χ1) is 9.47. The molecule has 0 fully saturated rings. The maximum atomic E-state index is 11.9. The van der Waals surface area contributed by atoms with Crippen LogP contribution in [0.1, 0.15) is 16.1 Å². The van der Waals surface area contributed by atoms with Crippen molar-refractivity contribution in [2.75, 3.05) is 5.32 Å². The number of carbonyl (C=O) groups excluding carboxylic acids is 1. The highest BCUT2D eigenvalue weighted by atomic mass is 32.1. The number of aromatic hydroxyl groups is 2. The largest absolute Gasteiger partial charge is 0.504 e. The fourth-order valence-corrected chi connectivity index (χ4v) is 2.18. The lowest BCUT2D eigenvalue weighted by atomic mass is 10.2. The van der Waals surface area contributed by atoms with Crippen molar-refractivity contribution in [3.05, 3.63) is 34.8 Å². The van der Waals surface area contributed by atoms with E-state index in [2.05, 4.69) is 10.3 Å². The minimum absolute atomic E-state index is 0.0972. The van der Waals surface area contributed by atoms with Crippen molar-refractivity contribution in [3.63, 3.8) is 0 Å². The fourth-order valence-electron chi connectivity index (χ4n) is 1.48. The van der Waals surface area contributed by atoms with Gasteiger partial charge >= 0.3 is 5.97 Å². The Morgan fingerprint density at radius 3 is 2.75 bits per heavy atom. The van der Waals surface area contributed by atoms with E-state index in [0.29, 0.717) is 5.69 Å². The lowest BCUT2D eigenvalue weighted by Gasteiger charge is -2.05. The molecular weight excluding hydrogens is 284 g/mol. The van der Waals surface area contributed by atoms with Gasteiger partial charge in [0.1, 0.15) is 0 Å². The number of aromatic nitrogens is 1. The molecule has 7 nitrogen and oxygen atoms in total. The molecule has 2 aromatic rings. The molecule has 0 saturated heterocycles. The Hall–Kier alpha value is -2.61. The van der Waals surface area contributed by atoms with Crippen LogP contribution in [0.3, 0.4) is 0 Å². The van der Waals surface area contributed by atoms with E-state index in [4.69, 9.17) is 5.11 Å². The third-order valence-corrected chi connectivity index (χ3v) is 3.17. The summed E-state index contributed by atoms with van der Waals surface area (Å²) >= 11 is 1.07.